The van der Waals surface area contributed by atoms with Gasteiger partial charge in [0, 0.05) is 14.1 Å². The highest BCUT2D eigenvalue weighted by atomic mass is 19.1. The van der Waals surface area contributed by atoms with Crippen molar-refractivity contribution in [3.8, 4) is 5.75 Å². The van der Waals surface area contributed by atoms with Crippen LogP contribution in [0.3, 0.4) is 0 Å². The van der Waals surface area contributed by atoms with Crippen molar-refractivity contribution in [1.82, 2.24) is 10.2 Å². The molecule has 0 aliphatic heterocycles. The van der Waals surface area contributed by atoms with E-state index in [1.165, 1.54) is 17.0 Å². The minimum absolute atomic E-state index is 0.131. The summed E-state index contributed by atoms with van der Waals surface area (Å²) in [4.78, 5) is 25.7. The molecule has 0 bridgehead atoms. The van der Waals surface area contributed by atoms with Gasteiger partial charge >= 0.3 is 6.03 Å². The number of anilines is 1. The lowest BCUT2D eigenvalue weighted by Crippen LogP contribution is -2.43. The molecule has 0 aliphatic carbocycles. The largest absolute Gasteiger partial charge is 0.482 e. The molecule has 0 aliphatic rings. The smallest absolute Gasteiger partial charge is 0.320 e. The molecule has 0 radical (unpaired) electrons. The van der Waals surface area contributed by atoms with E-state index < -0.39 is 11.6 Å². The normalized spacial score (nSPS) is 10.9. The van der Waals surface area contributed by atoms with Gasteiger partial charge in [0.05, 0.1) is 11.2 Å². The number of rotatable bonds is 6. The number of hydrogen-bond acceptors (Lipinski definition) is 3. The Labute approximate surface area is 164 Å². The quantitative estimate of drug-likeness (QED) is 0.795. The van der Waals surface area contributed by atoms with Gasteiger partial charge in [-0.15, -0.1) is 0 Å². The van der Waals surface area contributed by atoms with Gasteiger partial charge in [-0.25, -0.2) is 9.18 Å². The zero-order chi connectivity index (χ0) is 20.9. The molecule has 0 unspecified atom stereocenters. The van der Waals surface area contributed by atoms with Crippen molar-refractivity contribution in [2.75, 3.05) is 26.0 Å². The van der Waals surface area contributed by atoms with Gasteiger partial charge in [-0.1, -0.05) is 18.2 Å². The Morgan fingerprint density at radius 1 is 1.11 bits per heavy atom. The van der Waals surface area contributed by atoms with Crippen molar-refractivity contribution >= 4 is 17.6 Å². The number of carbonyl (C=O) groups excluding carboxylic acids is 2. The van der Waals surface area contributed by atoms with Gasteiger partial charge in [0.2, 0.25) is 0 Å². The fraction of sp³-hybridized carbons (Fsp3) is 0.333. The van der Waals surface area contributed by atoms with Crippen LogP contribution < -0.4 is 15.4 Å². The monoisotopic (exact) mass is 387 g/mol. The van der Waals surface area contributed by atoms with Gasteiger partial charge < -0.3 is 20.3 Å². The van der Waals surface area contributed by atoms with Crippen LogP contribution in [0.15, 0.2) is 42.5 Å². The van der Waals surface area contributed by atoms with Crippen LogP contribution in [0.25, 0.3) is 0 Å². The molecule has 0 atom stereocenters. The molecule has 0 spiro atoms. The first-order chi connectivity index (χ1) is 13.1. The van der Waals surface area contributed by atoms with E-state index in [0.717, 1.165) is 11.1 Å². The molecule has 0 aromatic heterocycles. The minimum atomic E-state index is -0.718. The number of benzene rings is 2. The first-order valence-electron chi connectivity index (χ1n) is 8.87. The number of aryl methyl sites for hydroxylation is 1. The third-order valence-corrected chi connectivity index (χ3v) is 4.23. The van der Waals surface area contributed by atoms with Crippen molar-refractivity contribution in [2.24, 2.45) is 0 Å². The van der Waals surface area contributed by atoms with Crippen LogP contribution in [0.1, 0.15) is 25.0 Å². The number of amides is 3. The highest BCUT2D eigenvalue weighted by Crippen LogP contribution is 2.26. The van der Waals surface area contributed by atoms with E-state index >= 15 is 0 Å². The van der Waals surface area contributed by atoms with Crippen LogP contribution in [-0.2, 0) is 10.3 Å². The lowest BCUT2D eigenvalue weighted by atomic mass is 9.94. The maximum Gasteiger partial charge on any atom is 0.320 e. The molecule has 2 N–H and O–H groups in total. The molecular weight excluding hydrogens is 361 g/mol. The van der Waals surface area contributed by atoms with E-state index in [4.69, 9.17) is 4.74 Å². The van der Waals surface area contributed by atoms with Crippen molar-refractivity contribution in [3.63, 3.8) is 0 Å². The number of hydrogen-bond donors (Lipinski definition) is 2. The second-order valence-corrected chi connectivity index (χ2v) is 7.29. The Kier molecular flexibility index (Phi) is 6.62. The Morgan fingerprint density at radius 2 is 1.75 bits per heavy atom. The van der Waals surface area contributed by atoms with Gasteiger partial charge in [-0.05, 0) is 56.2 Å². The van der Waals surface area contributed by atoms with E-state index in [2.05, 4.69) is 10.6 Å². The summed E-state index contributed by atoms with van der Waals surface area (Å²) in [6.07, 6.45) is 0. The molecule has 3 amide bonds. The molecule has 2 aromatic carbocycles. The van der Waals surface area contributed by atoms with Gasteiger partial charge in [0.25, 0.3) is 5.91 Å². The van der Waals surface area contributed by atoms with E-state index in [-0.39, 0.29) is 18.3 Å². The van der Waals surface area contributed by atoms with Gasteiger partial charge in [-0.2, -0.15) is 0 Å². The van der Waals surface area contributed by atoms with Crippen LogP contribution in [0.2, 0.25) is 0 Å². The fourth-order valence-electron chi connectivity index (χ4n) is 2.50. The molecule has 0 saturated carbocycles. The first-order valence-corrected chi connectivity index (χ1v) is 8.87. The van der Waals surface area contributed by atoms with Crippen LogP contribution >= 0.6 is 0 Å². The Bertz CT molecular complexity index is 848. The van der Waals surface area contributed by atoms with Crippen LogP contribution in [0, 0.1) is 12.7 Å². The first kappa shape index (κ1) is 21.2. The predicted molar refractivity (Wildman–Crippen MR) is 107 cm³/mol. The number of likely N-dealkylation sites (N-methyl/N-ethyl adjacent to an activating group) is 1. The maximum atomic E-state index is 13.1. The van der Waals surface area contributed by atoms with Crippen molar-refractivity contribution < 1.29 is 18.7 Å². The lowest BCUT2D eigenvalue weighted by Gasteiger charge is -2.27. The Morgan fingerprint density at radius 3 is 2.36 bits per heavy atom. The summed E-state index contributed by atoms with van der Waals surface area (Å²) in [6.45, 7) is 5.40. The summed E-state index contributed by atoms with van der Waals surface area (Å²) in [7, 11) is 3.29. The molecule has 6 nitrogen and oxygen atoms in total. The fourth-order valence-corrected chi connectivity index (χ4v) is 2.50. The number of halogens is 1. The second kappa shape index (κ2) is 8.73. The minimum Gasteiger partial charge on any atom is -0.482 e. The zero-order valence-electron chi connectivity index (χ0n) is 16.8. The lowest BCUT2D eigenvalue weighted by molar-refractivity contribution is -0.130. The van der Waals surface area contributed by atoms with E-state index in [1.54, 1.807) is 38.4 Å². The summed E-state index contributed by atoms with van der Waals surface area (Å²) >= 11 is 0. The summed E-state index contributed by atoms with van der Waals surface area (Å²) in [6, 6.07) is 10.8. The van der Waals surface area contributed by atoms with Gasteiger partial charge in [0.15, 0.2) is 6.61 Å². The molecular formula is C21H26FN3O3. The number of nitrogens with one attached hydrogen (secondary N) is 2. The van der Waals surface area contributed by atoms with E-state index in [1.807, 2.05) is 26.8 Å². The Balaban J connectivity index is 2.10. The third-order valence-electron chi connectivity index (χ3n) is 4.23. The Hall–Kier alpha value is -3.09. The highest BCUT2D eigenvalue weighted by molar-refractivity contribution is 5.91. The zero-order valence-corrected chi connectivity index (χ0v) is 16.8. The molecule has 2 rings (SSSR count). The van der Waals surface area contributed by atoms with Gasteiger partial charge in [0.1, 0.15) is 11.6 Å². The summed E-state index contributed by atoms with van der Waals surface area (Å²) in [5.41, 5.74) is 1.43. The topological polar surface area (TPSA) is 70.7 Å². The van der Waals surface area contributed by atoms with Gasteiger partial charge in [-0.3, -0.25) is 4.79 Å². The van der Waals surface area contributed by atoms with E-state index in [9.17, 15) is 14.0 Å². The average molecular weight is 387 g/mol. The predicted octanol–water partition coefficient (Wildman–Crippen LogP) is 3.66. The number of ether oxygens (including phenoxy) is 1. The second-order valence-electron chi connectivity index (χ2n) is 7.29. The molecule has 0 heterocycles. The van der Waals surface area contributed by atoms with Crippen molar-refractivity contribution in [1.29, 1.82) is 0 Å². The molecule has 28 heavy (non-hydrogen) atoms. The molecule has 7 heteroatoms. The number of urea groups is 1. The maximum absolute atomic E-state index is 13.1. The third kappa shape index (κ3) is 5.70. The molecule has 0 fully saturated rings. The van der Waals surface area contributed by atoms with Crippen molar-refractivity contribution in [3.05, 3.63) is 59.4 Å². The number of nitrogens with zero attached hydrogens (tertiary/aromatic N) is 1. The highest BCUT2D eigenvalue weighted by Gasteiger charge is 2.23. The van der Waals surface area contributed by atoms with Crippen LogP contribution in [-0.4, -0.2) is 37.5 Å². The molecule has 2 aromatic rings. The summed E-state index contributed by atoms with van der Waals surface area (Å²) in [5.74, 6) is -0.114. The molecule has 150 valence electrons. The average Bonchev–Trinajstić information content (AvgIpc) is 2.61. The SMILES string of the molecule is Cc1ccc(NC(=O)NC(C)(C)c2ccc(F)cc2)c(OCC(=O)N(C)C)c1. The van der Waals surface area contributed by atoms with Crippen LogP contribution in [0.4, 0.5) is 14.9 Å². The van der Waals surface area contributed by atoms with E-state index in [0.29, 0.717) is 11.4 Å². The summed E-state index contributed by atoms with van der Waals surface area (Å²) < 4.78 is 18.7. The van der Waals surface area contributed by atoms with Crippen molar-refractivity contribution in [2.45, 2.75) is 26.3 Å². The molecule has 0 saturated heterocycles. The van der Waals surface area contributed by atoms with Crippen LogP contribution in [0.5, 0.6) is 5.75 Å². The number of carbonyl (C=O) groups is 2. The summed E-state index contributed by atoms with van der Waals surface area (Å²) in [5, 5.41) is 5.62. The standard InChI is InChI=1S/C21H26FN3O3/c1-14-6-11-17(18(12-14)28-13-19(26)25(4)5)23-20(27)24-21(2,3)15-7-9-16(22)10-8-15/h6-12H,13H2,1-5H3,(H2,23,24,27).